The number of benzene rings is 2. The number of aromatic nitrogens is 1. The Morgan fingerprint density at radius 2 is 1.79 bits per heavy atom. The number of aromatic amines is 1. The Morgan fingerprint density at radius 3 is 2.50 bits per heavy atom. The minimum absolute atomic E-state index is 0.0580. The molecule has 1 amide bonds. The smallest absolute Gasteiger partial charge is 0.251 e. The van der Waals surface area contributed by atoms with Crippen LogP contribution in [-0.2, 0) is 16.3 Å². The van der Waals surface area contributed by atoms with Gasteiger partial charge in [-0.3, -0.25) is 4.79 Å². The van der Waals surface area contributed by atoms with Crippen molar-refractivity contribution < 1.29 is 13.2 Å². The maximum absolute atomic E-state index is 12.2. The predicted octanol–water partition coefficient (Wildman–Crippen LogP) is 2.52. The number of carbonyl (C=O) groups excluding carboxylic acids is 1. The molecule has 24 heavy (non-hydrogen) atoms. The summed E-state index contributed by atoms with van der Waals surface area (Å²) in [5, 5.41) is 3.87. The standard InChI is InChI=1S/C18H16N2O3S/c1-24(22,23)12-7-5-11(6-8-12)17-13-9-10-19-18(21)14-3-2-4-15(20-17)16(13)14/h2-8,20H,9-10H2,1H3,(H,19,21). The summed E-state index contributed by atoms with van der Waals surface area (Å²) in [6.07, 6.45) is 1.92. The fourth-order valence-corrected chi connectivity index (χ4v) is 3.90. The van der Waals surface area contributed by atoms with Crippen molar-refractivity contribution in [3.63, 3.8) is 0 Å². The zero-order chi connectivity index (χ0) is 16.9. The van der Waals surface area contributed by atoms with E-state index in [1.54, 1.807) is 24.3 Å². The van der Waals surface area contributed by atoms with Crippen molar-refractivity contribution in [2.24, 2.45) is 0 Å². The zero-order valence-corrected chi connectivity index (χ0v) is 13.9. The first kappa shape index (κ1) is 15.0. The monoisotopic (exact) mass is 340 g/mol. The number of sulfone groups is 1. The SMILES string of the molecule is CS(=O)(=O)c1ccc(-c2[nH]c3cccc4c3c2CCNC4=O)cc1. The molecule has 1 aliphatic rings. The molecule has 0 bridgehead atoms. The maximum atomic E-state index is 12.2. The number of H-pyrrole nitrogens is 1. The summed E-state index contributed by atoms with van der Waals surface area (Å²) in [7, 11) is -3.22. The van der Waals surface area contributed by atoms with Crippen LogP contribution in [0.25, 0.3) is 22.2 Å². The molecular formula is C18H16N2O3S. The van der Waals surface area contributed by atoms with E-state index in [-0.39, 0.29) is 5.91 Å². The maximum Gasteiger partial charge on any atom is 0.251 e. The highest BCUT2D eigenvalue weighted by molar-refractivity contribution is 7.90. The van der Waals surface area contributed by atoms with Crippen molar-refractivity contribution in [1.82, 2.24) is 10.3 Å². The van der Waals surface area contributed by atoms with E-state index in [1.807, 2.05) is 18.2 Å². The van der Waals surface area contributed by atoms with Gasteiger partial charge in [-0.15, -0.1) is 0 Å². The molecule has 0 fully saturated rings. The second-order valence-electron chi connectivity index (χ2n) is 6.01. The molecular weight excluding hydrogens is 324 g/mol. The van der Waals surface area contributed by atoms with Gasteiger partial charge >= 0.3 is 0 Å². The molecule has 0 aliphatic carbocycles. The van der Waals surface area contributed by atoms with Crippen LogP contribution in [0.1, 0.15) is 15.9 Å². The van der Waals surface area contributed by atoms with Gasteiger partial charge in [0.1, 0.15) is 0 Å². The van der Waals surface area contributed by atoms with E-state index in [0.717, 1.165) is 34.1 Å². The molecule has 2 heterocycles. The first-order valence-electron chi connectivity index (χ1n) is 7.67. The van der Waals surface area contributed by atoms with Gasteiger partial charge in [0.2, 0.25) is 0 Å². The molecule has 2 N–H and O–H groups in total. The van der Waals surface area contributed by atoms with E-state index in [9.17, 15) is 13.2 Å². The highest BCUT2D eigenvalue weighted by Gasteiger charge is 2.22. The van der Waals surface area contributed by atoms with Crippen LogP contribution < -0.4 is 5.32 Å². The zero-order valence-electron chi connectivity index (χ0n) is 13.1. The number of nitrogens with one attached hydrogen (secondary N) is 2. The van der Waals surface area contributed by atoms with Crippen molar-refractivity contribution in [2.45, 2.75) is 11.3 Å². The molecule has 0 saturated heterocycles. The number of hydrogen-bond donors (Lipinski definition) is 2. The molecule has 6 heteroatoms. The molecule has 0 saturated carbocycles. The summed E-state index contributed by atoms with van der Waals surface area (Å²) in [6, 6.07) is 12.5. The summed E-state index contributed by atoms with van der Waals surface area (Å²) in [5.74, 6) is -0.0580. The molecule has 0 spiro atoms. The third kappa shape index (κ3) is 2.30. The molecule has 5 nitrogen and oxygen atoms in total. The van der Waals surface area contributed by atoms with Gasteiger partial charge in [0.15, 0.2) is 9.84 Å². The molecule has 0 unspecified atom stereocenters. The number of amides is 1. The summed E-state index contributed by atoms with van der Waals surface area (Å²) in [6.45, 7) is 0.578. The Hall–Kier alpha value is -2.60. The van der Waals surface area contributed by atoms with Crippen molar-refractivity contribution in [3.8, 4) is 11.3 Å². The quantitative estimate of drug-likeness (QED) is 0.752. The van der Waals surface area contributed by atoms with E-state index in [1.165, 1.54) is 6.26 Å². The summed E-state index contributed by atoms with van der Waals surface area (Å²) in [4.78, 5) is 15.9. The largest absolute Gasteiger partial charge is 0.354 e. The van der Waals surface area contributed by atoms with Gasteiger partial charge < -0.3 is 10.3 Å². The molecule has 1 aliphatic heterocycles. The van der Waals surface area contributed by atoms with Crippen LogP contribution in [-0.4, -0.2) is 32.1 Å². The van der Waals surface area contributed by atoms with Crippen LogP contribution in [0.2, 0.25) is 0 Å². The van der Waals surface area contributed by atoms with Crippen LogP contribution in [0, 0.1) is 0 Å². The Bertz CT molecular complexity index is 1060. The van der Waals surface area contributed by atoms with Crippen molar-refractivity contribution in [3.05, 3.63) is 53.6 Å². The lowest BCUT2D eigenvalue weighted by Crippen LogP contribution is -2.23. The van der Waals surface area contributed by atoms with Crippen LogP contribution in [0.15, 0.2) is 47.4 Å². The van der Waals surface area contributed by atoms with Crippen LogP contribution in [0.3, 0.4) is 0 Å². The number of hydrogen-bond acceptors (Lipinski definition) is 3. The minimum atomic E-state index is -3.22. The average Bonchev–Trinajstić information content (AvgIpc) is 2.83. The highest BCUT2D eigenvalue weighted by atomic mass is 32.2. The normalized spacial score (nSPS) is 14.5. The minimum Gasteiger partial charge on any atom is -0.354 e. The lowest BCUT2D eigenvalue weighted by molar-refractivity contribution is 0.0957. The summed E-state index contributed by atoms with van der Waals surface area (Å²) >= 11 is 0. The average molecular weight is 340 g/mol. The van der Waals surface area contributed by atoms with Gasteiger partial charge in [0.05, 0.1) is 4.90 Å². The van der Waals surface area contributed by atoms with Crippen molar-refractivity contribution in [2.75, 3.05) is 12.8 Å². The van der Waals surface area contributed by atoms with Crippen LogP contribution in [0.5, 0.6) is 0 Å². The second-order valence-corrected chi connectivity index (χ2v) is 8.02. The van der Waals surface area contributed by atoms with Crippen LogP contribution >= 0.6 is 0 Å². The van der Waals surface area contributed by atoms with Gasteiger partial charge in [-0.2, -0.15) is 0 Å². The van der Waals surface area contributed by atoms with E-state index in [0.29, 0.717) is 17.0 Å². The molecule has 4 rings (SSSR count). The van der Waals surface area contributed by atoms with Crippen molar-refractivity contribution >= 4 is 26.6 Å². The number of carbonyl (C=O) groups is 1. The van der Waals surface area contributed by atoms with Crippen molar-refractivity contribution in [1.29, 1.82) is 0 Å². The molecule has 1 aromatic heterocycles. The van der Waals surface area contributed by atoms with Gasteiger partial charge in [-0.05, 0) is 41.8 Å². The van der Waals surface area contributed by atoms with Gasteiger partial charge in [-0.1, -0.05) is 18.2 Å². The van der Waals surface area contributed by atoms with E-state index in [2.05, 4.69) is 10.3 Å². The number of rotatable bonds is 2. The Balaban J connectivity index is 1.93. The van der Waals surface area contributed by atoms with Gasteiger partial charge in [0.25, 0.3) is 5.91 Å². The third-order valence-electron chi connectivity index (χ3n) is 4.40. The Labute approximate surface area is 139 Å². The lowest BCUT2D eigenvalue weighted by Gasteiger charge is -2.05. The predicted molar refractivity (Wildman–Crippen MR) is 92.9 cm³/mol. The first-order chi connectivity index (χ1) is 11.4. The van der Waals surface area contributed by atoms with Gasteiger partial charge in [-0.25, -0.2) is 8.42 Å². The lowest BCUT2D eigenvalue weighted by atomic mass is 10.0. The van der Waals surface area contributed by atoms with E-state index >= 15 is 0 Å². The Morgan fingerprint density at radius 1 is 1.04 bits per heavy atom. The molecule has 0 atom stereocenters. The summed E-state index contributed by atoms with van der Waals surface area (Å²) in [5.41, 5.74) is 4.53. The van der Waals surface area contributed by atoms with E-state index < -0.39 is 9.84 Å². The topological polar surface area (TPSA) is 79.0 Å². The fraction of sp³-hybridized carbons (Fsp3) is 0.167. The van der Waals surface area contributed by atoms with Crippen LogP contribution in [0.4, 0.5) is 0 Å². The molecule has 0 radical (unpaired) electrons. The Kier molecular flexibility index (Phi) is 3.25. The second kappa shape index (κ2) is 5.21. The first-order valence-corrected chi connectivity index (χ1v) is 9.56. The molecule has 122 valence electrons. The molecule has 3 aromatic rings. The summed E-state index contributed by atoms with van der Waals surface area (Å²) < 4.78 is 23.3. The van der Waals surface area contributed by atoms with E-state index in [4.69, 9.17) is 0 Å². The highest BCUT2D eigenvalue weighted by Crippen LogP contribution is 2.34. The molecule has 2 aromatic carbocycles. The fourth-order valence-electron chi connectivity index (χ4n) is 3.27. The van der Waals surface area contributed by atoms with Gasteiger partial charge in [0, 0.05) is 35.0 Å². The third-order valence-corrected chi connectivity index (χ3v) is 5.53.